The molecule has 1 amide bonds. The van der Waals surface area contributed by atoms with Crippen molar-refractivity contribution in [1.29, 1.82) is 0 Å². The first-order valence-electron chi connectivity index (χ1n) is 18.4. The number of likely N-dealkylation sites (tertiary alicyclic amines) is 1. The lowest BCUT2D eigenvalue weighted by Gasteiger charge is -2.54. The van der Waals surface area contributed by atoms with E-state index in [2.05, 4.69) is 27.7 Å². The maximum atomic E-state index is 14.1. The molecule has 1 aliphatic carbocycles. The number of aromatic nitrogens is 4. The molecule has 0 bridgehead atoms. The van der Waals surface area contributed by atoms with Gasteiger partial charge >= 0.3 is 6.18 Å². The van der Waals surface area contributed by atoms with E-state index in [1.54, 1.807) is 6.20 Å². The van der Waals surface area contributed by atoms with Crippen molar-refractivity contribution >= 4 is 49.3 Å². The van der Waals surface area contributed by atoms with E-state index in [1.165, 1.54) is 6.08 Å². The van der Waals surface area contributed by atoms with E-state index in [1.807, 2.05) is 28.9 Å². The van der Waals surface area contributed by atoms with Crippen LogP contribution in [-0.4, -0.2) is 103 Å². The van der Waals surface area contributed by atoms with Crippen molar-refractivity contribution in [2.75, 3.05) is 67.2 Å². The zero-order valence-corrected chi connectivity index (χ0v) is 30.5. The Morgan fingerprint density at radius 3 is 2.36 bits per heavy atom. The number of nitrogens with one attached hydrogen (secondary N) is 1. The van der Waals surface area contributed by atoms with Crippen molar-refractivity contribution in [3.8, 4) is 16.9 Å². The Bertz CT molecular complexity index is 2250. The lowest BCUT2D eigenvalue weighted by atomic mass is 9.72. The number of fused-ring (bicyclic) bond motifs is 2. The van der Waals surface area contributed by atoms with Gasteiger partial charge in [-0.05, 0) is 86.3 Å². The van der Waals surface area contributed by atoms with Gasteiger partial charge < -0.3 is 19.4 Å². The molecule has 0 atom stereocenters. The molecule has 4 saturated heterocycles. The van der Waals surface area contributed by atoms with Crippen LogP contribution >= 0.6 is 0 Å². The molecular formula is C38H42F3N7O4S. The summed E-state index contributed by atoms with van der Waals surface area (Å²) in [5, 5.41) is 8.73. The summed E-state index contributed by atoms with van der Waals surface area (Å²) in [6.07, 6.45) is 3.08. The van der Waals surface area contributed by atoms with Gasteiger partial charge in [-0.3, -0.25) is 9.89 Å². The number of halogens is 3. The molecule has 11 nitrogen and oxygen atoms in total. The van der Waals surface area contributed by atoms with Gasteiger partial charge in [0, 0.05) is 66.4 Å². The van der Waals surface area contributed by atoms with Crippen LogP contribution in [0.25, 0.3) is 32.9 Å². The number of piperidine rings is 1. The highest BCUT2D eigenvalue weighted by molar-refractivity contribution is 7.91. The predicted molar refractivity (Wildman–Crippen MR) is 196 cm³/mol. The van der Waals surface area contributed by atoms with Gasteiger partial charge in [0.2, 0.25) is 11.9 Å². The van der Waals surface area contributed by atoms with Crippen LogP contribution in [-0.2, 0) is 14.6 Å². The number of sulfone groups is 1. The van der Waals surface area contributed by atoms with E-state index in [0.717, 1.165) is 53.3 Å². The van der Waals surface area contributed by atoms with Gasteiger partial charge in [-0.15, -0.1) is 0 Å². The Hall–Kier alpha value is -4.40. The number of aryl methyl sites for hydroxylation is 1. The summed E-state index contributed by atoms with van der Waals surface area (Å²) >= 11 is 0. The molecule has 2 aromatic heterocycles. The summed E-state index contributed by atoms with van der Waals surface area (Å²) in [4.78, 5) is 28.5. The molecule has 2 spiro atoms. The van der Waals surface area contributed by atoms with E-state index in [0.29, 0.717) is 80.3 Å². The minimum absolute atomic E-state index is 0.0140. The molecule has 280 valence electrons. The number of rotatable bonds is 7. The molecule has 6 heterocycles. The smallest absolute Gasteiger partial charge is 0.422 e. The SMILES string of the molecule is C=CC(=O)N1CC2(CCN(c3nc(N4CC5(CCS(=O)(=O)CC5)C4)nc4c(OCC(F)(F)F)c(-c5c(C)ccc6[nH]ncc56)c(C5CC5)cc34)CC2)C1. The van der Waals surface area contributed by atoms with Crippen LogP contribution in [0.2, 0.25) is 0 Å². The highest BCUT2D eigenvalue weighted by Crippen LogP contribution is 2.54. The highest BCUT2D eigenvalue weighted by Gasteiger charge is 2.49. The Morgan fingerprint density at radius 2 is 1.70 bits per heavy atom. The third-order valence-electron chi connectivity index (χ3n) is 12.3. The quantitative estimate of drug-likeness (QED) is 0.229. The van der Waals surface area contributed by atoms with Crippen LogP contribution in [0.1, 0.15) is 55.6 Å². The van der Waals surface area contributed by atoms with E-state index < -0.39 is 22.6 Å². The maximum Gasteiger partial charge on any atom is 0.422 e. The van der Waals surface area contributed by atoms with Gasteiger partial charge in [0.1, 0.15) is 21.2 Å². The summed E-state index contributed by atoms with van der Waals surface area (Å²) in [6.45, 7) is 7.92. The van der Waals surface area contributed by atoms with Crippen LogP contribution in [0.15, 0.2) is 37.1 Å². The number of amides is 1. The molecule has 1 saturated carbocycles. The van der Waals surface area contributed by atoms with E-state index in [4.69, 9.17) is 14.7 Å². The second kappa shape index (κ2) is 12.1. The molecule has 1 N–H and O–H groups in total. The first-order chi connectivity index (χ1) is 25.2. The van der Waals surface area contributed by atoms with Gasteiger partial charge in [-0.25, -0.2) is 13.4 Å². The minimum Gasteiger partial charge on any atom is -0.481 e. The van der Waals surface area contributed by atoms with Crippen molar-refractivity contribution in [1.82, 2.24) is 25.1 Å². The second-order valence-electron chi connectivity index (χ2n) is 16.1. The van der Waals surface area contributed by atoms with Crippen LogP contribution in [0.5, 0.6) is 5.75 Å². The number of ether oxygens (including phenoxy) is 1. The van der Waals surface area contributed by atoms with Gasteiger partial charge in [0.15, 0.2) is 12.4 Å². The Labute approximate surface area is 305 Å². The third kappa shape index (κ3) is 6.08. The number of H-pyrrole nitrogens is 1. The van der Waals surface area contributed by atoms with Crippen molar-refractivity contribution in [3.05, 3.63) is 48.2 Å². The molecule has 9 rings (SSSR count). The fraction of sp³-hybridized carbons (Fsp3) is 0.526. The average molecular weight is 750 g/mol. The van der Waals surface area contributed by atoms with E-state index in [9.17, 15) is 26.4 Å². The van der Waals surface area contributed by atoms with Gasteiger partial charge in [-0.1, -0.05) is 12.6 Å². The maximum absolute atomic E-state index is 14.1. The van der Waals surface area contributed by atoms with Crippen molar-refractivity contribution in [2.45, 2.75) is 57.5 Å². The third-order valence-corrected chi connectivity index (χ3v) is 14.0. The number of aromatic amines is 1. The summed E-state index contributed by atoms with van der Waals surface area (Å²) in [5.41, 5.74) is 4.13. The zero-order chi connectivity index (χ0) is 36.9. The summed E-state index contributed by atoms with van der Waals surface area (Å²) in [6, 6.07) is 5.95. The molecule has 0 radical (unpaired) electrons. The van der Waals surface area contributed by atoms with E-state index in [-0.39, 0.29) is 39.9 Å². The van der Waals surface area contributed by atoms with Gasteiger partial charge in [-0.2, -0.15) is 23.3 Å². The van der Waals surface area contributed by atoms with Gasteiger partial charge in [0.05, 0.1) is 23.2 Å². The molecule has 5 aliphatic rings. The number of nitrogens with zero attached hydrogens (tertiary/aromatic N) is 6. The number of hydrogen-bond acceptors (Lipinski definition) is 9. The van der Waals surface area contributed by atoms with Crippen molar-refractivity contribution in [2.24, 2.45) is 10.8 Å². The number of benzene rings is 2. The number of hydrogen-bond donors (Lipinski definition) is 1. The fourth-order valence-corrected chi connectivity index (χ4v) is 10.8. The molecule has 5 fully saturated rings. The second-order valence-corrected chi connectivity index (χ2v) is 18.4. The topological polar surface area (TPSA) is 125 Å². The van der Waals surface area contributed by atoms with Crippen LogP contribution in [0, 0.1) is 17.8 Å². The Kier molecular flexibility index (Phi) is 7.82. The standard InChI is InChI=1S/C38H42F3N7O4S/c1-3-29(49)47-18-36(19-47)8-12-46(13-9-36)34-26-16-25(24-5-6-24)31(30-23(2)4-7-28-27(30)17-42-45-28)33(52-22-38(39,40)41)32(26)43-35(44-34)48-20-37(21-48)10-14-53(50,51)15-11-37/h3-4,7,16-17,24H,1,5-6,8-15,18-22H2,2H3,(H,42,45). The first kappa shape index (κ1) is 34.4. The lowest BCUT2D eigenvalue weighted by molar-refractivity contribution is -0.153. The zero-order valence-electron chi connectivity index (χ0n) is 29.6. The summed E-state index contributed by atoms with van der Waals surface area (Å²) in [5.74, 6) is 1.53. The Balaban J connectivity index is 1.19. The monoisotopic (exact) mass is 749 g/mol. The predicted octanol–water partition coefficient (Wildman–Crippen LogP) is 5.93. The van der Waals surface area contributed by atoms with Gasteiger partial charge in [0.25, 0.3) is 0 Å². The average Bonchev–Trinajstić information content (AvgIpc) is 3.84. The highest BCUT2D eigenvalue weighted by atomic mass is 32.2. The van der Waals surface area contributed by atoms with Crippen molar-refractivity contribution < 1.29 is 31.1 Å². The number of alkyl halides is 3. The first-order valence-corrected chi connectivity index (χ1v) is 20.2. The number of anilines is 2. The van der Waals surface area contributed by atoms with Crippen LogP contribution < -0.4 is 14.5 Å². The van der Waals surface area contributed by atoms with Crippen LogP contribution in [0.3, 0.4) is 0 Å². The van der Waals surface area contributed by atoms with E-state index >= 15 is 0 Å². The number of carbonyl (C=O) groups is 1. The van der Waals surface area contributed by atoms with Crippen LogP contribution in [0.4, 0.5) is 24.9 Å². The van der Waals surface area contributed by atoms with Crippen molar-refractivity contribution in [3.63, 3.8) is 0 Å². The molecule has 4 aromatic rings. The fourth-order valence-electron chi connectivity index (χ4n) is 9.09. The molecule has 4 aliphatic heterocycles. The molecule has 2 aromatic carbocycles. The molecular weight excluding hydrogens is 708 g/mol. The summed E-state index contributed by atoms with van der Waals surface area (Å²) in [7, 11) is -3.05. The molecule has 53 heavy (non-hydrogen) atoms. The summed E-state index contributed by atoms with van der Waals surface area (Å²) < 4.78 is 72.7. The largest absolute Gasteiger partial charge is 0.481 e. The Morgan fingerprint density at radius 1 is 1.00 bits per heavy atom. The molecule has 15 heteroatoms. The minimum atomic E-state index is -4.59. The normalized spacial score (nSPS) is 21.9. The molecule has 0 unspecified atom stereocenters. The lowest BCUT2D eigenvalue weighted by Crippen LogP contribution is -2.61. The number of carbonyl (C=O) groups excluding carboxylic acids is 1.